The van der Waals surface area contributed by atoms with E-state index in [1.807, 2.05) is 11.8 Å². The zero-order valence-corrected chi connectivity index (χ0v) is 15.4. The molecule has 2 fully saturated rings. The highest BCUT2D eigenvalue weighted by atomic mass is 32.1. The minimum absolute atomic E-state index is 0.110. The summed E-state index contributed by atoms with van der Waals surface area (Å²) in [4.78, 5) is 26.9. The number of rotatable bonds is 4. The fraction of sp³-hybridized carbons (Fsp3) is 0.765. The van der Waals surface area contributed by atoms with E-state index in [0.29, 0.717) is 29.9 Å². The number of nitrogens with zero attached hydrogens (tertiary/aromatic N) is 3. The van der Waals surface area contributed by atoms with Crippen LogP contribution in [0.4, 0.5) is 5.13 Å². The van der Waals surface area contributed by atoms with E-state index in [-0.39, 0.29) is 23.8 Å². The zero-order valence-electron chi connectivity index (χ0n) is 14.6. The number of aryl methyl sites for hydroxylation is 1. The number of nitrogens with one attached hydrogen (secondary N) is 1. The summed E-state index contributed by atoms with van der Waals surface area (Å²) in [6, 6.07) is 0.285. The lowest BCUT2D eigenvalue weighted by atomic mass is 9.77. The highest BCUT2D eigenvalue weighted by molar-refractivity contribution is 7.15. The van der Waals surface area contributed by atoms with E-state index < -0.39 is 0 Å². The van der Waals surface area contributed by atoms with Crippen molar-refractivity contribution in [3.63, 3.8) is 0 Å². The van der Waals surface area contributed by atoms with Gasteiger partial charge in [-0.1, -0.05) is 44.9 Å². The molecule has 3 rings (SSSR count). The van der Waals surface area contributed by atoms with Gasteiger partial charge in [-0.2, -0.15) is 0 Å². The molecule has 1 aliphatic carbocycles. The third kappa shape index (κ3) is 3.45. The van der Waals surface area contributed by atoms with Crippen molar-refractivity contribution >= 4 is 28.3 Å². The highest BCUT2D eigenvalue weighted by Crippen LogP contribution is 2.36. The van der Waals surface area contributed by atoms with Crippen LogP contribution in [0.2, 0.25) is 0 Å². The van der Waals surface area contributed by atoms with Crippen LogP contribution in [0.5, 0.6) is 0 Å². The number of amides is 2. The molecule has 0 bridgehead atoms. The van der Waals surface area contributed by atoms with Gasteiger partial charge in [-0.25, -0.2) is 0 Å². The average molecular weight is 350 g/mol. The maximum absolute atomic E-state index is 12.5. The van der Waals surface area contributed by atoms with Crippen molar-refractivity contribution in [3.05, 3.63) is 5.01 Å². The Labute approximate surface area is 147 Å². The van der Waals surface area contributed by atoms with Crippen LogP contribution >= 0.6 is 11.3 Å². The van der Waals surface area contributed by atoms with Gasteiger partial charge in [0.15, 0.2) is 0 Å². The number of hydrogen-bond donors (Lipinski definition) is 1. The van der Waals surface area contributed by atoms with Gasteiger partial charge in [0.1, 0.15) is 5.01 Å². The van der Waals surface area contributed by atoms with Crippen LogP contribution in [-0.2, 0) is 16.0 Å². The molecule has 1 aromatic heterocycles. The second kappa shape index (κ2) is 7.17. The monoisotopic (exact) mass is 350 g/mol. The van der Waals surface area contributed by atoms with E-state index in [0.717, 1.165) is 17.8 Å². The number of aromatic nitrogens is 2. The van der Waals surface area contributed by atoms with Gasteiger partial charge in [0, 0.05) is 19.0 Å². The predicted octanol–water partition coefficient (Wildman–Crippen LogP) is 2.71. The molecule has 0 aromatic carbocycles. The van der Waals surface area contributed by atoms with Gasteiger partial charge in [0.05, 0.1) is 5.92 Å². The van der Waals surface area contributed by atoms with E-state index >= 15 is 0 Å². The lowest BCUT2D eigenvalue weighted by Crippen LogP contribution is -2.45. The smallest absolute Gasteiger partial charge is 0.231 e. The molecule has 6 nitrogen and oxygen atoms in total. The fourth-order valence-corrected chi connectivity index (χ4v) is 4.56. The number of hydrogen-bond acceptors (Lipinski definition) is 5. The summed E-state index contributed by atoms with van der Waals surface area (Å²) in [6.07, 6.45) is 4.58. The first-order valence-electron chi connectivity index (χ1n) is 8.92. The van der Waals surface area contributed by atoms with Crippen LogP contribution in [0.25, 0.3) is 0 Å². The molecule has 132 valence electrons. The lowest BCUT2D eigenvalue weighted by Gasteiger charge is -2.40. The van der Waals surface area contributed by atoms with Crippen LogP contribution in [0.1, 0.15) is 51.5 Å². The second-order valence-corrected chi connectivity index (χ2v) is 8.19. The first-order chi connectivity index (χ1) is 11.5. The molecule has 7 heteroatoms. The van der Waals surface area contributed by atoms with Crippen molar-refractivity contribution in [2.75, 3.05) is 11.9 Å². The SMILES string of the molecule is CCc1nnc(NC(=O)[C@H]2CC(=O)N([C@H]3CCC[C@H](C)[C@@H]3C)C2)s1. The minimum Gasteiger partial charge on any atom is -0.339 e. The Kier molecular flexibility index (Phi) is 5.18. The fourth-order valence-electron chi connectivity index (χ4n) is 3.88. The molecule has 2 aliphatic rings. The van der Waals surface area contributed by atoms with Gasteiger partial charge in [-0.15, -0.1) is 10.2 Å². The number of carbonyl (C=O) groups is 2. The van der Waals surface area contributed by atoms with Crippen molar-refractivity contribution in [3.8, 4) is 0 Å². The topological polar surface area (TPSA) is 75.2 Å². The van der Waals surface area contributed by atoms with Gasteiger partial charge in [0.25, 0.3) is 0 Å². The Morgan fingerprint density at radius 1 is 1.33 bits per heavy atom. The molecule has 0 unspecified atom stereocenters. The summed E-state index contributed by atoms with van der Waals surface area (Å²) in [5.74, 6) is 0.864. The Morgan fingerprint density at radius 2 is 2.12 bits per heavy atom. The predicted molar refractivity (Wildman–Crippen MR) is 93.7 cm³/mol. The summed E-state index contributed by atoms with van der Waals surface area (Å²) in [6.45, 7) is 7.04. The summed E-state index contributed by atoms with van der Waals surface area (Å²) >= 11 is 1.40. The number of likely N-dealkylation sites (tertiary alicyclic amines) is 1. The third-order valence-electron chi connectivity index (χ3n) is 5.59. The molecule has 0 spiro atoms. The van der Waals surface area contributed by atoms with Crippen LogP contribution in [-0.4, -0.2) is 39.5 Å². The third-order valence-corrected chi connectivity index (χ3v) is 6.58. The first kappa shape index (κ1) is 17.3. The maximum Gasteiger partial charge on any atom is 0.231 e. The minimum atomic E-state index is -0.282. The van der Waals surface area contributed by atoms with Crippen molar-refractivity contribution in [1.82, 2.24) is 15.1 Å². The molecule has 2 amide bonds. The summed E-state index contributed by atoms with van der Waals surface area (Å²) in [7, 11) is 0. The molecule has 1 aromatic rings. The molecule has 1 saturated carbocycles. The van der Waals surface area contributed by atoms with Gasteiger partial charge >= 0.3 is 0 Å². The Bertz CT molecular complexity index is 617. The van der Waals surface area contributed by atoms with Crippen LogP contribution in [0, 0.1) is 17.8 Å². The van der Waals surface area contributed by atoms with Crippen molar-refractivity contribution in [2.45, 2.75) is 58.9 Å². The van der Waals surface area contributed by atoms with E-state index in [1.165, 1.54) is 24.2 Å². The van der Waals surface area contributed by atoms with Crippen molar-refractivity contribution in [1.29, 1.82) is 0 Å². The quantitative estimate of drug-likeness (QED) is 0.906. The Hall–Kier alpha value is -1.50. The molecule has 4 atom stereocenters. The van der Waals surface area contributed by atoms with Gasteiger partial charge in [0.2, 0.25) is 16.9 Å². The average Bonchev–Trinajstić information content (AvgIpc) is 3.16. The van der Waals surface area contributed by atoms with Crippen LogP contribution < -0.4 is 5.32 Å². The van der Waals surface area contributed by atoms with E-state index in [9.17, 15) is 9.59 Å². The van der Waals surface area contributed by atoms with Crippen LogP contribution in [0.3, 0.4) is 0 Å². The second-order valence-electron chi connectivity index (χ2n) is 7.13. The molecule has 24 heavy (non-hydrogen) atoms. The van der Waals surface area contributed by atoms with E-state index in [4.69, 9.17) is 0 Å². The Morgan fingerprint density at radius 3 is 2.83 bits per heavy atom. The number of anilines is 1. The van der Waals surface area contributed by atoms with Crippen molar-refractivity contribution < 1.29 is 9.59 Å². The summed E-state index contributed by atoms with van der Waals surface area (Å²) in [5.41, 5.74) is 0. The van der Waals surface area contributed by atoms with Crippen molar-refractivity contribution in [2.24, 2.45) is 17.8 Å². The standard InChI is InChI=1S/C17H26N4O2S/c1-4-14-19-20-17(24-14)18-16(23)12-8-15(22)21(9-12)13-7-5-6-10(2)11(13)3/h10-13H,4-9H2,1-3H3,(H,18,20,23)/t10-,11-,12-,13-/m0/s1. The summed E-state index contributed by atoms with van der Waals surface area (Å²) < 4.78 is 0. The van der Waals surface area contributed by atoms with E-state index in [1.54, 1.807) is 0 Å². The Balaban J connectivity index is 1.62. The molecule has 1 N–H and O–H groups in total. The molecular formula is C17H26N4O2S. The first-order valence-corrected chi connectivity index (χ1v) is 9.74. The maximum atomic E-state index is 12.5. The summed E-state index contributed by atoms with van der Waals surface area (Å²) in [5, 5.41) is 12.3. The molecular weight excluding hydrogens is 324 g/mol. The molecule has 1 aliphatic heterocycles. The zero-order chi connectivity index (χ0) is 17.3. The van der Waals surface area contributed by atoms with Gasteiger partial charge < -0.3 is 10.2 Å². The molecule has 1 saturated heterocycles. The van der Waals surface area contributed by atoms with Crippen LogP contribution in [0.15, 0.2) is 0 Å². The normalized spacial score (nSPS) is 30.6. The lowest BCUT2D eigenvalue weighted by molar-refractivity contribution is -0.131. The molecule has 2 heterocycles. The van der Waals surface area contributed by atoms with Gasteiger partial charge in [-0.3, -0.25) is 9.59 Å². The highest BCUT2D eigenvalue weighted by Gasteiger charge is 2.41. The van der Waals surface area contributed by atoms with Gasteiger partial charge in [-0.05, 0) is 24.7 Å². The number of carbonyl (C=O) groups excluding carboxylic acids is 2. The van der Waals surface area contributed by atoms with E-state index in [2.05, 4.69) is 29.4 Å². The molecule has 0 radical (unpaired) electrons. The largest absolute Gasteiger partial charge is 0.339 e.